The molecule has 4 rings (SSSR count). The molecule has 146 valence electrons. The van der Waals surface area contributed by atoms with Crippen LogP contribution in [0.25, 0.3) is 11.0 Å². The van der Waals surface area contributed by atoms with Gasteiger partial charge in [-0.05, 0) is 30.5 Å². The van der Waals surface area contributed by atoms with Gasteiger partial charge in [0.05, 0.1) is 5.69 Å². The summed E-state index contributed by atoms with van der Waals surface area (Å²) in [6.45, 7) is 6.08. The highest BCUT2D eigenvalue weighted by Gasteiger charge is 2.26. The first kappa shape index (κ1) is 18.1. The summed E-state index contributed by atoms with van der Waals surface area (Å²) < 4.78 is 5.22. The molecule has 9 heteroatoms. The minimum Gasteiger partial charge on any atom is -0.351 e. The lowest BCUT2D eigenvalue weighted by molar-refractivity contribution is 0.0693. The summed E-state index contributed by atoms with van der Waals surface area (Å²) >= 11 is 0. The zero-order valence-electron chi connectivity index (χ0n) is 15.9. The van der Waals surface area contributed by atoms with Gasteiger partial charge >= 0.3 is 0 Å². The first-order chi connectivity index (χ1) is 13.5. The molecule has 1 aromatic carbocycles. The van der Waals surface area contributed by atoms with E-state index in [1.54, 1.807) is 34.1 Å². The van der Waals surface area contributed by atoms with Crippen LogP contribution < -0.4 is 0 Å². The highest BCUT2D eigenvalue weighted by atomic mass is 16.5. The fourth-order valence-corrected chi connectivity index (χ4v) is 3.30. The number of hydrogen-bond acceptors (Lipinski definition) is 6. The average Bonchev–Trinajstić information content (AvgIpc) is 3.30. The molecule has 9 nitrogen and oxygen atoms in total. The van der Waals surface area contributed by atoms with Gasteiger partial charge in [0.1, 0.15) is 11.0 Å². The number of nitrogens with zero attached hydrogens (tertiary/aromatic N) is 5. The van der Waals surface area contributed by atoms with Gasteiger partial charge in [0.25, 0.3) is 11.8 Å². The van der Waals surface area contributed by atoms with Crippen molar-refractivity contribution in [1.29, 1.82) is 0 Å². The summed E-state index contributed by atoms with van der Waals surface area (Å²) in [5.74, 6) is 0.197. The van der Waals surface area contributed by atoms with E-state index in [-0.39, 0.29) is 23.5 Å². The van der Waals surface area contributed by atoms with Gasteiger partial charge in [-0.1, -0.05) is 19.0 Å². The van der Waals surface area contributed by atoms with Gasteiger partial charge in [-0.15, -0.1) is 0 Å². The van der Waals surface area contributed by atoms with Gasteiger partial charge in [0.2, 0.25) is 5.76 Å². The van der Waals surface area contributed by atoms with E-state index in [9.17, 15) is 9.59 Å². The number of hydrogen-bond donors (Lipinski definition) is 1. The van der Waals surface area contributed by atoms with Crippen LogP contribution in [0.1, 0.15) is 52.8 Å². The molecule has 1 saturated heterocycles. The number of fused-ring (bicyclic) bond motifs is 1. The number of benzene rings is 1. The van der Waals surface area contributed by atoms with Crippen LogP contribution in [0.15, 0.2) is 28.8 Å². The monoisotopic (exact) mass is 382 g/mol. The highest BCUT2D eigenvalue weighted by molar-refractivity contribution is 5.97. The second-order valence-electron chi connectivity index (χ2n) is 7.24. The van der Waals surface area contributed by atoms with Crippen molar-refractivity contribution >= 4 is 22.8 Å². The number of amides is 2. The number of H-pyrrole nitrogens is 1. The maximum Gasteiger partial charge on any atom is 0.292 e. The molecule has 0 aliphatic carbocycles. The van der Waals surface area contributed by atoms with Crippen LogP contribution in [0.3, 0.4) is 0 Å². The lowest BCUT2D eigenvalue weighted by Crippen LogP contribution is -2.37. The maximum atomic E-state index is 12.9. The normalized spacial score (nSPS) is 15.2. The standard InChI is InChI=1S/C19H22N6O3/c1-12(2)15-11-17(28-22-15)19(27)25-7-3-6-24(8-9-25)18(26)13-4-5-14-16(10-13)21-23-20-14/h4-5,10-12H,3,6-9H2,1-2H3,(H,20,21,23). The van der Waals surface area contributed by atoms with E-state index in [1.807, 2.05) is 13.8 Å². The predicted octanol–water partition coefficient (Wildman–Crippen LogP) is 2.06. The third-order valence-corrected chi connectivity index (χ3v) is 4.96. The molecule has 3 aromatic rings. The molecular weight excluding hydrogens is 360 g/mol. The zero-order chi connectivity index (χ0) is 19.7. The molecular formula is C19H22N6O3. The molecule has 1 aliphatic heterocycles. The molecule has 0 unspecified atom stereocenters. The lowest BCUT2D eigenvalue weighted by Gasteiger charge is -2.21. The van der Waals surface area contributed by atoms with E-state index in [2.05, 4.69) is 20.6 Å². The molecule has 3 heterocycles. The summed E-state index contributed by atoms with van der Waals surface area (Å²) in [4.78, 5) is 29.1. The van der Waals surface area contributed by atoms with Crippen LogP contribution >= 0.6 is 0 Å². The Labute approximate surface area is 161 Å². The Bertz CT molecular complexity index is 1010. The van der Waals surface area contributed by atoms with E-state index >= 15 is 0 Å². The Morgan fingerprint density at radius 2 is 1.71 bits per heavy atom. The molecule has 0 saturated carbocycles. The van der Waals surface area contributed by atoms with E-state index in [0.29, 0.717) is 43.7 Å². The van der Waals surface area contributed by atoms with Crippen molar-refractivity contribution in [2.45, 2.75) is 26.2 Å². The first-order valence-electron chi connectivity index (χ1n) is 9.38. The molecule has 1 fully saturated rings. The van der Waals surface area contributed by atoms with Crippen molar-refractivity contribution in [3.63, 3.8) is 0 Å². The van der Waals surface area contributed by atoms with Crippen molar-refractivity contribution in [3.05, 3.63) is 41.3 Å². The van der Waals surface area contributed by atoms with Gasteiger partial charge in [0, 0.05) is 37.8 Å². The van der Waals surface area contributed by atoms with Crippen molar-refractivity contribution in [3.8, 4) is 0 Å². The summed E-state index contributed by atoms with van der Waals surface area (Å²) in [5.41, 5.74) is 2.71. The van der Waals surface area contributed by atoms with Gasteiger partial charge in [-0.25, -0.2) is 0 Å². The first-order valence-corrected chi connectivity index (χ1v) is 9.38. The molecule has 0 bridgehead atoms. The molecule has 28 heavy (non-hydrogen) atoms. The topological polar surface area (TPSA) is 108 Å². The lowest BCUT2D eigenvalue weighted by atomic mass is 10.1. The Morgan fingerprint density at radius 3 is 2.43 bits per heavy atom. The van der Waals surface area contributed by atoms with Gasteiger partial charge in [-0.3, -0.25) is 9.59 Å². The van der Waals surface area contributed by atoms with Crippen molar-refractivity contribution in [2.24, 2.45) is 0 Å². The smallest absolute Gasteiger partial charge is 0.292 e. The minimum atomic E-state index is -0.183. The summed E-state index contributed by atoms with van der Waals surface area (Å²) in [7, 11) is 0. The molecule has 2 aromatic heterocycles. The third kappa shape index (κ3) is 3.47. The molecule has 0 atom stereocenters. The number of aromatic amines is 1. The average molecular weight is 382 g/mol. The third-order valence-electron chi connectivity index (χ3n) is 4.96. The number of nitrogens with one attached hydrogen (secondary N) is 1. The van der Waals surface area contributed by atoms with Crippen molar-refractivity contribution < 1.29 is 14.1 Å². The predicted molar refractivity (Wildman–Crippen MR) is 101 cm³/mol. The van der Waals surface area contributed by atoms with Crippen molar-refractivity contribution in [2.75, 3.05) is 26.2 Å². The molecule has 0 spiro atoms. The fraction of sp³-hybridized carbons (Fsp3) is 0.421. The Kier molecular flexibility index (Phi) is 4.81. The largest absolute Gasteiger partial charge is 0.351 e. The molecule has 1 aliphatic rings. The van der Waals surface area contributed by atoms with Gasteiger partial charge < -0.3 is 14.3 Å². The Morgan fingerprint density at radius 1 is 1.00 bits per heavy atom. The van der Waals surface area contributed by atoms with Crippen LogP contribution in [0.2, 0.25) is 0 Å². The number of aromatic nitrogens is 4. The SMILES string of the molecule is CC(C)c1cc(C(=O)N2CCCN(C(=O)c3ccc4n[nH]nc4c3)CC2)on1. The summed E-state index contributed by atoms with van der Waals surface area (Å²) in [6.07, 6.45) is 0.703. The molecule has 2 amide bonds. The van der Waals surface area contributed by atoms with E-state index < -0.39 is 0 Å². The summed E-state index contributed by atoms with van der Waals surface area (Å²) in [6, 6.07) is 6.96. The zero-order valence-corrected chi connectivity index (χ0v) is 15.9. The second-order valence-corrected chi connectivity index (χ2v) is 7.24. The van der Waals surface area contributed by atoms with Crippen LogP contribution in [0, 0.1) is 0 Å². The summed E-state index contributed by atoms with van der Waals surface area (Å²) in [5, 5.41) is 14.5. The van der Waals surface area contributed by atoms with Crippen molar-refractivity contribution in [1.82, 2.24) is 30.4 Å². The number of carbonyl (C=O) groups is 2. The second kappa shape index (κ2) is 7.41. The van der Waals surface area contributed by atoms with E-state index in [1.165, 1.54) is 0 Å². The van der Waals surface area contributed by atoms with Crippen LogP contribution in [-0.4, -0.2) is 68.4 Å². The van der Waals surface area contributed by atoms with E-state index in [4.69, 9.17) is 4.52 Å². The van der Waals surface area contributed by atoms with Gasteiger partial charge in [-0.2, -0.15) is 15.4 Å². The van der Waals surface area contributed by atoms with E-state index in [0.717, 1.165) is 11.2 Å². The Balaban J connectivity index is 1.43. The maximum absolute atomic E-state index is 12.9. The Hall–Kier alpha value is -3.23. The highest BCUT2D eigenvalue weighted by Crippen LogP contribution is 2.18. The van der Waals surface area contributed by atoms with Gasteiger partial charge in [0.15, 0.2) is 0 Å². The van der Waals surface area contributed by atoms with Crippen LogP contribution in [0.4, 0.5) is 0 Å². The molecule has 1 N–H and O–H groups in total. The number of rotatable bonds is 3. The molecule has 0 radical (unpaired) electrons. The van der Waals surface area contributed by atoms with Crippen LogP contribution in [0.5, 0.6) is 0 Å². The minimum absolute atomic E-state index is 0.0686. The quantitative estimate of drug-likeness (QED) is 0.743. The van der Waals surface area contributed by atoms with Crippen LogP contribution in [-0.2, 0) is 0 Å². The number of carbonyl (C=O) groups excluding carboxylic acids is 2. The fourth-order valence-electron chi connectivity index (χ4n) is 3.30.